The molecule has 3 nitrogen and oxygen atoms in total. The number of hydrogen-bond acceptors (Lipinski definition) is 2. The third-order valence-corrected chi connectivity index (χ3v) is 2.03. The topological polar surface area (TPSA) is 24.8 Å². The van der Waals surface area contributed by atoms with Crippen LogP contribution in [0.5, 0.6) is 0 Å². The maximum atomic E-state index is 13.6. The number of aliphatic imine (C=N–C) groups is 1. The van der Waals surface area contributed by atoms with Gasteiger partial charge in [-0.25, -0.2) is 8.78 Å². The molecule has 0 aliphatic rings. The van der Waals surface area contributed by atoms with Crippen LogP contribution < -0.4 is 0 Å². The van der Waals surface area contributed by atoms with Gasteiger partial charge in [0.2, 0.25) is 0 Å². The van der Waals surface area contributed by atoms with Crippen LogP contribution in [0.25, 0.3) is 0 Å². The minimum absolute atomic E-state index is 0.0203. The lowest BCUT2D eigenvalue weighted by Gasteiger charge is -2.12. The molecule has 0 bridgehead atoms. The first kappa shape index (κ1) is 24.4. The quantitative estimate of drug-likeness (QED) is 0.307. The third-order valence-electron chi connectivity index (χ3n) is 2.03. The van der Waals surface area contributed by atoms with Gasteiger partial charge in [-0.15, -0.1) is 0 Å². The van der Waals surface area contributed by atoms with Gasteiger partial charge in [0.1, 0.15) is 5.84 Å². The number of halogens is 2. The Labute approximate surface area is 128 Å². The minimum atomic E-state index is -0.485. The molecule has 0 radical (unpaired) electrons. The van der Waals surface area contributed by atoms with Crippen molar-refractivity contribution in [2.24, 2.45) is 4.99 Å². The van der Waals surface area contributed by atoms with Gasteiger partial charge in [0.25, 0.3) is 5.88 Å². The zero-order chi connectivity index (χ0) is 17.4. The van der Waals surface area contributed by atoms with Crippen LogP contribution in [0.4, 0.5) is 8.78 Å². The summed E-state index contributed by atoms with van der Waals surface area (Å²) in [4.78, 5) is 5.81. The van der Waals surface area contributed by atoms with Crippen LogP contribution in [0, 0.1) is 0 Å². The van der Waals surface area contributed by atoms with Crippen LogP contribution in [-0.2, 0) is 4.74 Å². The number of hydrogen-bond donors (Lipinski definition) is 0. The Balaban J connectivity index is -0.000000460. The Morgan fingerprint density at radius 2 is 1.67 bits per heavy atom. The minimum Gasteiger partial charge on any atom is -0.479 e. The number of methoxy groups -OCH3 is 1. The molecule has 0 aromatic carbocycles. The van der Waals surface area contributed by atoms with E-state index in [2.05, 4.69) is 32.0 Å². The van der Waals surface area contributed by atoms with E-state index in [4.69, 9.17) is 4.74 Å². The Morgan fingerprint density at radius 1 is 1.29 bits per heavy atom. The van der Waals surface area contributed by atoms with E-state index < -0.39 is 5.83 Å². The summed E-state index contributed by atoms with van der Waals surface area (Å²) in [6.07, 6.45) is 2.04. The molecular formula is C16H30F2N2O. The molecule has 0 unspecified atom stereocenters. The molecule has 0 saturated carbocycles. The summed E-state index contributed by atoms with van der Waals surface area (Å²) in [5.74, 6) is 0.167. The Morgan fingerprint density at radius 3 is 1.90 bits per heavy atom. The molecule has 0 N–H and O–H groups in total. The second kappa shape index (κ2) is 16.4. The maximum Gasteiger partial charge on any atom is 0.252 e. The molecule has 0 spiro atoms. The summed E-state index contributed by atoms with van der Waals surface area (Å²) in [5.41, 5.74) is 0.391. The Hall–Kier alpha value is -1.65. The third kappa shape index (κ3) is 14.6. The van der Waals surface area contributed by atoms with Gasteiger partial charge in [0.05, 0.1) is 13.4 Å². The van der Waals surface area contributed by atoms with E-state index in [-0.39, 0.29) is 12.2 Å². The number of ether oxygens (including phenoxy) is 1. The van der Waals surface area contributed by atoms with Crippen LogP contribution >= 0.6 is 0 Å². The van der Waals surface area contributed by atoms with Crippen LogP contribution in [0.3, 0.4) is 0 Å². The smallest absolute Gasteiger partial charge is 0.252 e. The monoisotopic (exact) mass is 304 g/mol. The van der Waals surface area contributed by atoms with Gasteiger partial charge in [-0.05, 0) is 18.9 Å². The average Bonchev–Trinajstić information content (AvgIpc) is 2.44. The highest BCUT2D eigenvalue weighted by Gasteiger charge is 2.09. The number of amidine groups is 1. The first-order chi connectivity index (χ1) is 9.76. The summed E-state index contributed by atoms with van der Waals surface area (Å²) in [6.45, 7) is 14.2. The lowest BCUT2D eigenvalue weighted by Crippen LogP contribution is -2.18. The van der Waals surface area contributed by atoms with E-state index >= 15 is 0 Å². The van der Waals surface area contributed by atoms with E-state index in [0.717, 1.165) is 0 Å². The average molecular weight is 304 g/mol. The highest BCUT2D eigenvalue weighted by atomic mass is 19.1. The van der Waals surface area contributed by atoms with Gasteiger partial charge >= 0.3 is 0 Å². The molecule has 0 aliphatic heterocycles. The van der Waals surface area contributed by atoms with Crippen molar-refractivity contribution in [3.8, 4) is 0 Å². The molecule has 0 aromatic rings. The fraction of sp³-hybridized carbons (Fsp3) is 0.562. The van der Waals surface area contributed by atoms with Crippen LogP contribution in [0.2, 0.25) is 0 Å². The van der Waals surface area contributed by atoms with Crippen molar-refractivity contribution in [2.45, 2.75) is 40.5 Å². The van der Waals surface area contributed by atoms with Crippen LogP contribution in [0.1, 0.15) is 40.5 Å². The summed E-state index contributed by atoms with van der Waals surface area (Å²) < 4.78 is 28.6. The number of rotatable bonds is 4. The van der Waals surface area contributed by atoms with Crippen molar-refractivity contribution in [1.29, 1.82) is 0 Å². The van der Waals surface area contributed by atoms with Gasteiger partial charge in [0.15, 0.2) is 5.83 Å². The SMILES string of the molecule is C=C(CC)/C(F)=C(\N=C(/C)N(C)C)OC.C=CF.CCC. The molecule has 0 heterocycles. The van der Waals surface area contributed by atoms with E-state index in [9.17, 15) is 8.78 Å². The maximum absolute atomic E-state index is 13.6. The van der Waals surface area contributed by atoms with E-state index in [1.54, 1.807) is 11.8 Å². The molecule has 0 aliphatic carbocycles. The zero-order valence-electron chi connectivity index (χ0n) is 14.5. The van der Waals surface area contributed by atoms with Gasteiger partial charge in [0, 0.05) is 14.1 Å². The molecule has 0 fully saturated rings. The first-order valence-corrected chi connectivity index (χ1v) is 6.82. The summed E-state index contributed by atoms with van der Waals surface area (Å²) >= 11 is 0. The highest BCUT2D eigenvalue weighted by molar-refractivity contribution is 5.80. The lowest BCUT2D eigenvalue weighted by molar-refractivity contribution is 0.272. The van der Waals surface area contributed by atoms with Gasteiger partial charge in [-0.2, -0.15) is 4.99 Å². The normalized spacial score (nSPS) is 11.0. The molecule has 0 aromatic heterocycles. The largest absolute Gasteiger partial charge is 0.479 e. The van der Waals surface area contributed by atoms with Gasteiger partial charge < -0.3 is 9.64 Å². The van der Waals surface area contributed by atoms with E-state index in [1.807, 2.05) is 21.0 Å². The molecule has 0 atom stereocenters. The van der Waals surface area contributed by atoms with E-state index in [1.165, 1.54) is 13.5 Å². The first-order valence-electron chi connectivity index (χ1n) is 6.82. The standard InChI is InChI=1S/C11H19FN2O.C3H8.C2H3F/c1-7-8(2)10(12)11(15-6)13-9(3)14(4)5;1-3-2;1-2-3/h2,7H2,1,3-6H3;3H2,1-2H3;2H,1H2/b11-10-,13-9+;;. The lowest BCUT2D eigenvalue weighted by atomic mass is 10.2. The van der Waals surface area contributed by atoms with Gasteiger partial charge in [-0.1, -0.05) is 40.3 Å². The van der Waals surface area contributed by atoms with Gasteiger partial charge in [-0.3, -0.25) is 0 Å². The Bertz CT molecular complexity index is 348. The molecule has 0 saturated heterocycles. The van der Waals surface area contributed by atoms with Crippen molar-refractivity contribution < 1.29 is 13.5 Å². The predicted molar refractivity (Wildman–Crippen MR) is 88.6 cm³/mol. The van der Waals surface area contributed by atoms with E-state index in [0.29, 0.717) is 17.8 Å². The van der Waals surface area contributed by atoms with Crippen LogP contribution in [-0.4, -0.2) is 31.9 Å². The summed E-state index contributed by atoms with van der Waals surface area (Å²) in [6, 6.07) is 0. The summed E-state index contributed by atoms with van der Waals surface area (Å²) in [7, 11) is 5.06. The second-order valence-corrected chi connectivity index (χ2v) is 4.20. The zero-order valence-corrected chi connectivity index (χ0v) is 14.5. The molecule has 21 heavy (non-hydrogen) atoms. The highest BCUT2D eigenvalue weighted by Crippen LogP contribution is 2.19. The number of nitrogens with zero attached hydrogens (tertiary/aromatic N) is 2. The van der Waals surface area contributed by atoms with Crippen molar-refractivity contribution >= 4 is 5.84 Å². The molecule has 5 heteroatoms. The predicted octanol–water partition coefficient (Wildman–Crippen LogP) is 5.23. The Kier molecular flexibility index (Phi) is 19.0. The van der Waals surface area contributed by atoms with Crippen LogP contribution in [0.15, 0.2) is 41.8 Å². The fourth-order valence-corrected chi connectivity index (χ4v) is 0.738. The molecule has 124 valence electrons. The second-order valence-electron chi connectivity index (χ2n) is 4.20. The number of allylic oxidation sites excluding steroid dienone is 2. The molecular weight excluding hydrogens is 274 g/mol. The van der Waals surface area contributed by atoms with Crippen molar-refractivity contribution in [2.75, 3.05) is 21.2 Å². The molecule has 0 amide bonds. The summed E-state index contributed by atoms with van der Waals surface area (Å²) in [5, 5.41) is 0. The van der Waals surface area contributed by atoms with Crippen molar-refractivity contribution in [1.82, 2.24) is 4.90 Å². The fourth-order valence-electron chi connectivity index (χ4n) is 0.738. The molecule has 0 rings (SSSR count). The van der Waals surface area contributed by atoms with Crippen molar-refractivity contribution in [3.05, 3.63) is 36.8 Å². The van der Waals surface area contributed by atoms with Crippen molar-refractivity contribution in [3.63, 3.8) is 0 Å².